The van der Waals surface area contributed by atoms with Gasteiger partial charge in [-0.2, -0.15) is 0 Å². The van der Waals surface area contributed by atoms with Crippen LogP contribution in [0.3, 0.4) is 0 Å². The first-order chi connectivity index (χ1) is 21.8. The van der Waals surface area contributed by atoms with Crippen molar-refractivity contribution in [3.8, 4) is 16.9 Å². The minimum absolute atomic E-state index is 0.236. The Morgan fingerprint density at radius 2 is 1.63 bits per heavy atom. The van der Waals surface area contributed by atoms with Gasteiger partial charge in [-0.05, 0) is 109 Å². The van der Waals surface area contributed by atoms with Crippen LogP contribution in [0, 0.1) is 25.1 Å². The quantitative estimate of drug-likeness (QED) is 0.208. The number of hydrogen-bond donors (Lipinski definition) is 0. The number of pyridine rings is 1. The number of nitrogens with zero attached hydrogens (tertiary/aromatic N) is 2. The topological polar surface area (TPSA) is 60.9 Å². The van der Waals surface area contributed by atoms with E-state index >= 15 is 0 Å². The molecule has 1 aliphatic carbocycles. The number of carbonyl (C=O) groups excluding carboxylic acids is 1. The van der Waals surface area contributed by atoms with E-state index in [1.165, 1.54) is 44.2 Å². The van der Waals surface area contributed by atoms with E-state index in [9.17, 15) is 9.18 Å². The Kier molecular flexibility index (Phi) is 10.4. The Hall–Kier alpha value is -3.45. The number of hydrogen-bond acceptors (Lipinski definition) is 6. The summed E-state index contributed by atoms with van der Waals surface area (Å²) in [5.74, 6) is 0.143. The van der Waals surface area contributed by atoms with Gasteiger partial charge in [0.05, 0.1) is 24.0 Å². The highest BCUT2D eigenvalue weighted by molar-refractivity contribution is 5.88. The van der Waals surface area contributed by atoms with Gasteiger partial charge >= 0.3 is 5.97 Å². The van der Waals surface area contributed by atoms with Crippen molar-refractivity contribution in [1.29, 1.82) is 0 Å². The molecule has 1 saturated heterocycles. The van der Waals surface area contributed by atoms with Crippen LogP contribution in [-0.4, -0.2) is 42.4 Å². The Morgan fingerprint density at radius 1 is 0.957 bits per heavy atom. The molecule has 1 spiro atoms. The van der Waals surface area contributed by atoms with Crippen molar-refractivity contribution >= 4 is 11.7 Å². The van der Waals surface area contributed by atoms with Gasteiger partial charge < -0.3 is 19.1 Å². The molecule has 6 nitrogen and oxygen atoms in total. The molecule has 1 saturated carbocycles. The van der Waals surface area contributed by atoms with Gasteiger partial charge in [0.2, 0.25) is 0 Å². The highest BCUT2D eigenvalue weighted by atomic mass is 19.1. The number of aryl methyl sites for hydroxylation is 2. The smallest absolute Gasteiger partial charge is 0.340 e. The zero-order chi connectivity index (χ0) is 33.1. The van der Waals surface area contributed by atoms with E-state index in [-0.39, 0.29) is 17.9 Å². The van der Waals surface area contributed by atoms with E-state index in [2.05, 4.69) is 24.0 Å². The minimum Gasteiger partial charge on any atom is -0.493 e. The fraction of sp³-hybridized carbons (Fsp3) is 0.538. The third-order valence-electron chi connectivity index (χ3n) is 9.26. The predicted octanol–water partition coefficient (Wildman–Crippen LogP) is 9.09. The van der Waals surface area contributed by atoms with Gasteiger partial charge in [0, 0.05) is 42.0 Å². The van der Waals surface area contributed by atoms with E-state index in [4.69, 9.17) is 19.2 Å². The first-order valence-corrected chi connectivity index (χ1v) is 17.0. The molecule has 0 radical (unpaired) electrons. The summed E-state index contributed by atoms with van der Waals surface area (Å²) in [6, 6.07) is 14.7. The second-order valence-corrected chi connectivity index (χ2v) is 14.5. The summed E-state index contributed by atoms with van der Waals surface area (Å²) in [5.41, 5.74) is 6.32. The van der Waals surface area contributed by atoms with Crippen LogP contribution < -0.4 is 9.64 Å². The lowest BCUT2D eigenvalue weighted by atomic mass is 9.73. The average Bonchev–Trinajstić information content (AvgIpc) is 3.39. The van der Waals surface area contributed by atoms with Crippen LogP contribution in [0.2, 0.25) is 0 Å². The number of carbonyl (C=O) groups is 1. The maximum atomic E-state index is 13.8. The monoisotopic (exact) mass is 630 g/mol. The number of anilines is 1. The molecule has 0 unspecified atom stereocenters. The Bertz CT molecular complexity index is 1490. The van der Waals surface area contributed by atoms with Gasteiger partial charge in [-0.25, -0.2) is 9.18 Å². The van der Waals surface area contributed by atoms with Gasteiger partial charge in [-0.1, -0.05) is 43.5 Å². The van der Waals surface area contributed by atoms with Crippen molar-refractivity contribution < 1.29 is 23.4 Å². The minimum atomic E-state index is -0.916. The first kappa shape index (κ1) is 33.9. The number of halogens is 1. The molecule has 2 aliphatic rings. The van der Waals surface area contributed by atoms with Crippen molar-refractivity contribution in [3.05, 3.63) is 76.9 Å². The van der Waals surface area contributed by atoms with E-state index in [1.807, 2.05) is 53.7 Å². The molecule has 7 heteroatoms. The predicted molar refractivity (Wildman–Crippen MR) is 182 cm³/mol. The lowest BCUT2D eigenvalue weighted by Crippen LogP contribution is -2.34. The lowest BCUT2D eigenvalue weighted by molar-refractivity contribution is -0.171. The number of benzene rings is 2. The zero-order valence-corrected chi connectivity index (χ0v) is 28.7. The number of rotatable bonds is 10. The van der Waals surface area contributed by atoms with Crippen molar-refractivity contribution in [1.82, 2.24) is 4.98 Å². The molecule has 46 heavy (non-hydrogen) atoms. The summed E-state index contributed by atoms with van der Waals surface area (Å²) in [6.07, 6.45) is 7.02. The second kappa shape index (κ2) is 14.1. The van der Waals surface area contributed by atoms with E-state index in [1.54, 1.807) is 12.1 Å². The van der Waals surface area contributed by atoms with Crippen LogP contribution in [0.1, 0.15) is 102 Å². The molecule has 1 aromatic heterocycles. The molecule has 2 fully saturated rings. The number of esters is 1. The third kappa shape index (κ3) is 8.09. The molecule has 0 N–H and O–H groups in total. The highest BCUT2D eigenvalue weighted by Crippen LogP contribution is 2.50. The summed E-state index contributed by atoms with van der Waals surface area (Å²) in [4.78, 5) is 21.4. The highest BCUT2D eigenvalue weighted by Gasteiger charge is 2.43. The van der Waals surface area contributed by atoms with Gasteiger partial charge in [-0.3, -0.25) is 4.98 Å². The Morgan fingerprint density at radius 3 is 2.26 bits per heavy atom. The Labute approximate surface area is 274 Å². The van der Waals surface area contributed by atoms with Gasteiger partial charge in [-0.15, -0.1) is 0 Å². The van der Waals surface area contributed by atoms with Crippen molar-refractivity contribution in [2.75, 3.05) is 24.6 Å². The first-order valence-electron chi connectivity index (χ1n) is 17.0. The van der Waals surface area contributed by atoms with Crippen molar-refractivity contribution in [2.24, 2.45) is 5.41 Å². The average molecular weight is 631 g/mol. The Balaban J connectivity index is 1.54. The van der Waals surface area contributed by atoms with Crippen molar-refractivity contribution in [2.45, 2.75) is 111 Å². The molecule has 3 aromatic rings. The summed E-state index contributed by atoms with van der Waals surface area (Å²) in [7, 11) is 0. The zero-order valence-electron chi connectivity index (χ0n) is 28.7. The third-order valence-corrected chi connectivity index (χ3v) is 9.26. The summed E-state index contributed by atoms with van der Waals surface area (Å²) in [6.45, 7) is 16.1. The molecule has 0 amide bonds. The number of ether oxygens (including phenoxy) is 3. The summed E-state index contributed by atoms with van der Waals surface area (Å²) >= 11 is 0. The molecule has 0 bridgehead atoms. The fourth-order valence-electron chi connectivity index (χ4n) is 7.20. The lowest BCUT2D eigenvalue weighted by Gasteiger charge is -2.36. The van der Waals surface area contributed by atoms with Gasteiger partial charge in [0.1, 0.15) is 11.6 Å². The normalized spacial score (nSPS) is 17.0. The molecule has 5 rings (SSSR count). The van der Waals surface area contributed by atoms with Crippen LogP contribution >= 0.6 is 0 Å². The maximum absolute atomic E-state index is 13.8. The van der Waals surface area contributed by atoms with Crippen LogP contribution in [0.5, 0.6) is 5.75 Å². The molecule has 2 aromatic carbocycles. The van der Waals surface area contributed by atoms with Crippen molar-refractivity contribution in [3.63, 3.8) is 0 Å². The van der Waals surface area contributed by atoms with Crippen LogP contribution in [0.15, 0.2) is 48.5 Å². The van der Waals surface area contributed by atoms with E-state index in [0.29, 0.717) is 18.4 Å². The molecular formula is C39H51FN2O4. The largest absolute Gasteiger partial charge is 0.493 e. The maximum Gasteiger partial charge on any atom is 0.340 e. The van der Waals surface area contributed by atoms with E-state index in [0.717, 1.165) is 64.6 Å². The fourth-order valence-corrected chi connectivity index (χ4v) is 7.20. The van der Waals surface area contributed by atoms with Gasteiger partial charge in [0.25, 0.3) is 0 Å². The van der Waals surface area contributed by atoms with E-state index < -0.39 is 11.7 Å². The molecule has 1 aliphatic heterocycles. The molecule has 2 heterocycles. The summed E-state index contributed by atoms with van der Waals surface area (Å²) in [5, 5.41) is 0. The van der Waals surface area contributed by atoms with Crippen LogP contribution in [-0.2, 0) is 20.7 Å². The SMILES string of the molecule is Cc1nc(C)c([C@H](OC(C)(C)C)C(=O)OC(C)C)c(N2CCC3(CCCCC3)C2)c1-c1ccc(OCCc2ccc(F)cc2)cc1. The van der Waals surface area contributed by atoms with Crippen LogP contribution in [0.4, 0.5) is 10.1 Å². The standard InChI is InChI=1S/C39H51FN2O4/c1-26(2)45-37(43)36(46-38(5,6)7)34-28(4)41-27(3)33(35(34)42-23-22-39(25-42)20-9-8-10-21-39)30-13-17-32(18-14-30)44-24-19-29-11-15-31(40)16-12-29/h11-18,26,36H,8-10,19-25H2,1-7H3/t36-/m0/s1. The second-order valence-electron chi connectivity index (χ2n) is 14.5. The summed E-state index contributed by atoms with van der Waals surface area (Å²) < 4.78 is 31.7. The van der Waals surface area contributed by atoms with Gasteiger partial charge in [0.15, 0.2) is 6.10 Å². The molecule has 248 valence electrons. The molecular weight excluding hydrogens is 579 g/mol. The molecule has 1 atom stereocenters. The van der Waals surface area contributed by atoms with Crippen LogP contribution in [0.25, 0.3) is 11.1 Å². The number of aromatic nitrogens is 1.